The topological polar surface area (TPSA) is 114 Å². The molecule has 8 nitrogen and oxygen atoms in total. The highest BCUT2D eigenvalue weighted by atomic mass is 16.5. The lowest BCUT2D eigenvalue weighted by atomic mass is 10.1. The zero-order valence-corrected chi connectivity index (χ0v) is 13.7. The molecule has 0 amide bonds. The molecule has 1 aromatic rings. The molecule has 1 aromatic carbocycles. The molecule has 130 valence electrons. The van der Waals surface area contributed by atoms with E-state index in [1.54, 1.807) is 39.5 Å². The van der Waals surface area contributed by atoms with Gasteiger partial charge in [-0.3, -0.25) is 9.59 Å². The third-order valence-corrected chi connectivity index (χ3v) is 2.85. The van der Waals surface area contributed by atoms with Gasteiger partial charge in [-0.2, -0.15) is 0 Å². The minimum absolute atomic E-state index is 0.112. The van der Waals surface area contributed by atoms with Crippen LogP contribution in [0.5, 0.6) is 17.2 Å². The van der Waals surface area contributed by atoms with Crippen molar-refractivity contribution in [2.24, 2.45) is 0 Å². The number of rotatable bonds is 8. The van der Waals surface area contributed by atoms with Crippen LogP contribution in [-0.4, -0.2) is 56.6 Å². The van der Waals surface area contributed by atoms with E-state index in [0.717, 1.165) is 17.2 Å². The third-order valence-electron chi connectivity index (χ3n) is 2.85. The van der Waals surface area contributed by atoms with Crippen LogP contribution >= 0.6 is 0 Å². The van der Waals surface area contributed by atoms with Gasteiger partial charge in [0, 0.05) is 24.6 Å². The first-order valence-electron chi connectivity index (χ1n) is 6.76. The monoisotopic (exact) mass is 329 g/mol. The summed E-state index contributed by atoms with van der Waals surface area (Å²) in [7, 11) is 6.30. The average molecular weight is 329 g/mol. The van der Waals surface area contributed by atoms with Gasteiger partial charge in [0.1, 0.15) is 23.3 Å². The standard InChI is InChI=1S/C9H12O3.C6H11NO4/c1-10-7-4-8(11-2)6-9(5-7)12-3;1-7-4(6(10)11)2-3-5(8)9/h4-6H,1-3H3;4,7H,2-3H2,1H3,(H,8,9)(H,10,11). The Morgan fingerprint density at radius 1 is 1.00 bits per heavy atom. The van der Waals surface area contributed by atoms with Gasteiger partial charge in [-0.15, -0.1) is 0 Å². The van der Waals surface area contributed by atoms with Gasteiger partial charge in [0.05, 0.1) is 21.3 Å². The second-order valence-electron chi connectivity index (χ2n) is 4.36. The highest BCUT2D eigenvalue weighted by Gasteiger charge is 2.15. The molecule has 0 spiro atoms. The highest BCUT2D eigenvalue weighted by Crippen LogP contribution is 2.26. The highest BCUT2D eigenvalue weighted by molar-refractivity contribution is 5.74. The number of hydrogen-bond donors (Lipinski definition) is 3. The fraction of sp³-hybridized carbons (Fsp3) is 0.467. The van der Waals surface area contributed by atoms with Gasteiger partial charge < -0.3 is 29.7 Å². The van der Waals surface area contributed by atoms with Crippen LogP contribution in [0.1, 0.15) is 12.8 Å². The van der Waals surface area contributed by atoms with Crippen LogP contribution in [0.2, 0.25) is 0 Å². The Morgan fingerprint density at radius 2 is 1.39 bits per heavy atom. The lowest BCUT2D eigenvalue weighted by molar-refractivity contribution is -0.140. The zero-order valence-electron chi connectivity index (χ0n) is 13.7. The van der Waals surface area contributed by atoms with Crippen LogP contribution in [-0.2, 0) is 9.59 Å². The number of carboxylic acid groups (broad SMARTS) is 2. The predicted molar refractivity (Wildman–Crippen MR) is 83.5 cm³/mol. The summed E-state index contributed by atoms with van der Waals surface area (Å²) < 4.78 is 15.1. The van der Waals surface area contributed by atoms with Gasteiger partial charge in [-0.1, -0.05) is 0 Å². The molecule has 0 bridgehead atoms. The number of carboxylic acids is 2. The molecule has 0 aliphatic heterocycles. The summed E-state index contributed by atoms with van der Waals surface area (Å²) in [5.41, 5.74) is 0. The number of likely N-dealkylation sites (N-methyl/N-ethyl adjacent to an activating group) is 1. The summed E-state index contributed by atoms with van der Waals surface area (Å²) in [6.07, 6.45) is -0.0149. The van der Waals surface area contributed by atoms with E-state index in [1.165, 1.54) is 7.05 Å². The Kier molecular flexibility index (Phi) is 9.94. The van der Waals surface area contributed by atoms with Crippen molar-refractivity contribution < 1.29 is 34.0 Å². The molecular weight excluding hydrogens is 306 g/mol. The molecule has 1 atom stereocenters. The third kappa shape index (κ3) is 8.52. The van der Waals surface area contributed by atoms with E-state index in [9.17, 15) is 9.59 Å². The molecule has 23 heavy (non-hydrogen) atoms. The molecule has 8 heteroatoms. The summed E-state index contributed by atoms with van der Waals surface area (Å²) in [5.74, 6) is 0.184. The second kappa shape index (κ2) is 11.1. The Bertz CT molecular complexity index is 449. The smallest absolute Gasteiger partial charge is 0.320 e. The first kappa shape index (κ1) is 20.5. The van der Waals surface area contributed by atoms with Crippen LogP contribution < -0.4 is 19.5 Å². The Morgan fingerprint density at radius 3 is 1.61 bits per heavy atom. The van der Waals surface area contributed by atoms with Crippen LogP contribution in [0.4, 0.5) is 0 Å². The first-order valence-corrected chi connectivity index (χ1v) is 6.76. The van der Waals surface area contributed by atoms with Gasteiger partial charge in [0.25, 0.3) is 0 Å². The number of aliphatic carboxylic acids is 2. The van der Waals surface area contributed by atoms with Crippen molar-refractivity contribution in [2.75, 3.05) is 28.4 Å². The Labute approximate surface area is 135 Å². The van der Waals surface area contributed by atoms with Crippen LogP contribution in [0.25, 0.3) is 0 Å². The molecule has 0 fully saturated rings. The first-order chi connectivity index (χ1) is 10.9. The summed E-state index contributed by atoms with van der Waals surface area (Å²) in [6, 6.07) is 4.62. The molecular formula is C15H23NO7. The second-order valence-corrected chi connectivity index (χ2v) is 4.36. The van der Waals surface area contributed by atoms with Crippen molar-refractivity contribution in [2.45, 2.75) is 18.9 Å². The van der Waals surface area contributed by atoms with E-state index < -0.39 is 18.0 Å². The number of hydrogen-bond acceptors (Lipinski definition) is 6. The van der Waals surface area contributed by atoms with Crippen molar-refractivity contribution in [3.63, 3.8) is 0 Å². The number of methoxy groups -OCH3 is 3. The van der Waals surface area contributed by atoms with Crippen molar-refractivity contribution in [1.29, 1.82) is 0 Å². The average Bonchev–Trinajstić information content (AvgIpc) is 2.54. The number of carbonyl (C=O) groups is 2. The van der Waals surface area contributed by atoms with E-state index in [2.05, 4.69) is 5.32 Å². The van der Waals surface area contributed by atoms with Crippen LogP contribution in [0, 0.1) is 0 Å². The van der Waals surface area contributed by atoms with E-state index in [4.69, 9.17) is 24.4 Å². The Balaban J connectivity index is 0.000000423. The van der Waals surface area contributed by atoms with Crippen LogP contribution in [0.3, 0.4) is 0 Å². The molecule has 1 rings (SSSR count). The fourth-order valence-electron chi connectivity index (χ4n) is 1.56. The van der Waals surface area contributed by atoms with E-state index in [0.29, 0.717) is 0 Å². The van der Waals surface area contributed by atoms with Crippen molar-refractivity contribution in [3.8, 4) is 17.2 Å². The lowest BCUT2D eigenvalue weighted by Gasteiger charge is -2.07. The van der Waals surface area contributed by atoms with Gasteiger partial charge in [0.2, 0.25) is 0 Å². The summed E-state index contributed by atoms with van der Waals surface area (Å²) in [5, 5.41) is 19.1. The normalized spacial score (nSPS) is 10.8. The van der Waals surface area contributed by atoms with E-state index in [-0.39, 0.29) is 12.8 Å². The van der Waals surface area contributed by atoms with Gasteiger partial charge in [-0.25, -0.2) is 0 Å². The molecule has 0 aromatic heterocycles. The largest absolute Gasteiger partial charge is 0.496 e. The summed E-state index contributed by atoms with van der Waals surface area (Å²) >= 11 is 0. The van der Waals surface area contributed by atoms with E-state index in [1.807, 2.05) is 0 Å². The SMILES string of the molecule is CNC(CCC(=O)O)C(=O)O.COc1cc(OC)cc(OC)c1. The number of ether oxygens (including phenoxy) is 3. The van der Waals surface area contributed by atoms with Crippen molar-refractivity contribution in [3.05, 3.63) is 18.2 Å². The van der Waals surface area contributed by atoms with E-state index >= 15 is 0 Å². The maximum Gasteiger partial charge on any atom is 0.320 e. The van der Waals surface area contributed by atoms with Crippen LogP contribution in [0.15, 0.2) is 18.2 Å². The molecule has 0 heterocycles. The fourth-order valence-corrected chi connectivity index (χ4v) is 1.56. The molecule has 0 aliphatic rings. The quantitative estimate of drug-likeness (QED) is 0.652. The summed E-state index contributed by atoms with van der Waals surface area (Å²) in [4.78, 5) is 20.3. The minimum atomic E-state index is -1.02. The maximum atomic E-state index is 10.3. The maximum absolute atomic E-state index is 10.3. The molecule has 0 aliphatic carbocycles. The predicted octanol–water partition coefficient (Wildman–Crippen LogP) is 1.24. The molecule has 0 saturated heterocycles. The minimum Gasteiger partial charge on any atom is -0.496 e. The molecule has 1 unspecified atom stereocenters. The zero-order chi connectivity index (χ0) is 17.8. The molecule has 0 saturated carbocycles. The van der Waals surface area contributed by atoms with Crippen molar-refractivity contribution >= 4 is 11.9 Å². The summed E-state index contributed by atoms with van der Waals surface area (Å²) in [6.45, 7) is 0. The van der Waals surface area contributed by atoms with Gasteiger partial charge in [0.15, 0.2) is 0 Å². The Hall–Kier alpha value is -2.48. The van der Waals surface area contributed by atoms with Gasteiger partial charge >= 0.3 is 11.9 Å². The molecule has 3 N–H and O–H groups in total. The lowest BCUT2D eigenvalue weighted by Crippen LogP contribution is -2.34. The van der Waals surface area contributed by atoms with Gasteiger partial charge in [-0.05, 0) is 13.5 Å². The number of benzene rings is 1. The van der Waals surface area contributed by atoms with Crippen molar-refractivity contribution in [1.82, 2.24) is 5.32 Å². The number of nitrogens with one attached hydrogen (secondary N) is 1. The molecule has 0 radical (unpaired) electrons.